The highest BCUT2D eigenvalue weighted by Gasteiger charge is 2.06. The fourth-order valence-corrected chi connectivity index (χ4v) is 2.29. The fourth-order valence-electron chi connectivity index (χ4n) is 2.29. The van der Waals surface area contributed by atoms with Gasteiger partial charge in [0.25, 0.3) is 0 Å². The second-order valence-electron chi connectivity index (χ2n) is 4.79. The van der Waals surface area contributed by atoms with Crippen molar-refractivity contribution in [3.05, 3.63) is 54.5 Å². The zero-order valence-corrected chi connectivity index (χ0v) is 12.1. The highest BCUT2D eigenvalue weighted by molar-refractivity contribution is 5.94. The summed E-state index contributed by atoms with van der Waals surface area (Å²) in [6.45, 7) is 4.62. The maximum atomic E-state index is 5.58. The smallest absolute Gasteiger partial charge is 0.120 e. The van der Waals surface area contributed by atoms with Crippen molar-refractivity contribution in [1.82, 2.24) is 9.97 Å². The number of aryl methyl sites for hydroxylation is 1. The Morgan fingerprint density at radius 3 is 2.86 bits per heavy atom. The van der Waals surface area contributed by atoms with Crippen LogP contribution in [0.1, 0.15) is 12.6 Å². The lowest BCUT2D eigenvalue weighted by molar-refractivity contribution is 0.340. The molecule has 0 amide bonds. The van der Waals surface area contributed by atoms with Gasteiger partial charge in [-0.1, -0.05) is 0 Å². The summed E-state index contributed by atoms with van der Waals surface area (Å²) in [7, 11) is 0. The van der Waals surface area contributed by atoms with Gasteiger partial charge in [0, 0.05) is 23.0 Å². The Kier molecular flexibility index (Phi) is 3.69. The molecule has 2 aromatic heterocycles. The number of ether oxygens (including phenoxy) is 1. The summed E-state index contributed by atoms with van der Waals surface area (Å²) < 4.78 is 5.58. The van der Waals surface area contributed by atoms with Gasteiger partial charge in [0.2, 0.25) is 0 Å². The summed E-state index contributed by atoms with van der Waals surface area (Å²) in [5, 5.41) is 4.44. The molecule has 0 saturated carbocycles. The third-order valence-electron chi connectivity index (χ3n) is 3.16. The summed E-state index contributed by atoms with van der Waals surface area (Å²) in [6, 6.07) is 11.9. The highest BCUT2D eigenvalue weighted by Crippen LogP contribution is 2.29. The van der Waals surface area contributed by atoms with Crippen molar-refractivity contribution in [1.29, 1.82) is 0 Å². The van der Waals surface area contributed by atoms with E-state index in [1.807, 2.05) is 50.2 Å². The van der Waals surface area contributed by atoms with Crippen molar-refractivity contribution in [2.24, 2.45) is 0 Å². The molecule has 4 heteroatoms. The van der Waals surface area contributed by atoms with E-state index in [1.54, 1.807) is 12.4 Å². The largest absolute Gasteiger partial charge is 0.494 e. The number of pyridine rings is 2. The summed E-state index contributed by atoms with van der Waals surface area (Å²) in [5.41, 5.74) is 3.88. The van der Waals surface area contributed by atoms with Crippen molar-refractivity contribution < 1.29 is 4.74 Å². The molecule has 3 rings (SSSR count). The van der Waals surface area contributed by atoms with Crippen LogP contribution in [0, 0.1) is 6.92 Å². The van der Waals surface area contributed by atoms with Gasteiger partial charge in [0.05, 0.1) is 24.0 Å². The average Bonchev–Trinajstić information content (AvgIpc) is 2.49. The highest BCUT2D eigenvalue weighted by atomic mass is 16.5. The van der Waals surface area contributed by atoms with E-state index < -0.39 is 0 Å². The monoisotopic (exact) mass is 279 g/mol. The number of hydrogen-bond acceptors (Lipinski definition) is 4. The van der Waals surface area contributed by atoms with Crippen LogP contribution in [0.3, 0.4) is 0 Å². The summed E-state index contributed by atoms with van der Waals surface area (Å²) in [4.78, 5) is 8.70. The molecule has 0 aliphatic rings. The Morgan fingerprint density at radius 2 is 2.10 bits per heavy atom. The van der Waals surface area contributed by atoms with Gasteiger partial charge in [-0.2, -0.15) is 0 Å². The van der Waals surface area contributed by atoms with Gasteiger partial charge in [0.1, 0.15) is 5.75 Å². The Morgan fingerprint density at radius 1 is 1.19 bits per heavy atom. The second-order valence-corrected chi connectivity index (χ2v) is 4.79. The van der Waals surface area contributed by atoms with Gasteiger partial charge in [-0.3, -0.25) is 9.97 Å². The number of nitrogens with zero attached hydrogens (tertiary/aromatic N) is 2. The molecule has 21 heavy (non-hydrogen) atoms. The minimum atomic E-state index is 0.649. The van der Waals surface area contributed by atoms with E-state index in [9.17, 15) is 0 Å². The van der Waals surface area contributed by atoms with Crippen LogP contribution in [0.25, 0.3) is 10.9 Å². The molecule has 0 aliphatic carbocycles. The number of aromatic nitrogens is 2. The van der Waals surface area contributed by atoms with Crippen molar-refractivity contribution in [2.75, 3.05) is 11.9 Å². The first-order valence-corrected chi connectivity index (χ1v) is 6.97. The van der Waals surface area contributed by atoms with Crippen LogP contribution in [0.5, 0.6) is 5.75 Å². The van der Waals surface area contributed by atoms with Crippen molar-refractivity contribution >= 4 is 22.3 Å². The molecular formula is C17H17N3O. The maximum Gasteiger partial charge on any atom is 0.120 e. The second kappa shape index (κ2) is 5.79. The SMILES string of the molecule is CCOc1ccc2nc(C)cc(Nc3cccnc3)c2c1. The molecule has 0 radical (unpaired) electrons. The molecule has 0 spiro atoms. The van der Waals surface area contributed by atoms with E-state index in [4.69, 9.17) is 4.74 Å². The van der Waals surface area contributed by atoms with E-state index in [0.717, 1.165) is 33.7 Å². The number of fused-ring (bicyclic) bond motifs is 1. The molecule has 0 unspecified atom stereocenters. The van der Waals surface area contributed by atoms with Crippen LogP contribution in [0.2, 0.25) is 0 Å². The third kappa shape index (κ3) is 2.94. The van der Waals surface area contributed by atoms with E-state index in [0.29, 0.717) is 6.61 Å². The lowest BCUT2D eigenvalue weighted by Gasteiger charge is -2.12. The molecule has 2 heterocycles. The van der Waals surface area contributed by atoms with Gasteiger partial charge in [-0.15, -0.1) is 0 Å². The van der Waals surface area contributed by atoms with Crippen LogP contribution < -0.4 is 10.1 Å². The molecule has 0 saturated heterocycles. The number of rotatable bonds is 4. The Labute approximate surface area is 123 Å². The predicted molar refractivity (Wildman–Crippen MR) is 85.2 cm³/mol. The molecule has 0 fully saturated rings. The van der Waals surface area contributed by atoms with Crippen molar-refractivity contribution in [2.45, 2.75) is 13.8 Å². The zero-order valence-electron chi connectivity index (χ0n) is 12.1. The van der Waals surface area contributed by atoms with Gasteiger partial charge < -0.3 is 10.1 Å². The maximum absolute atomic E-state index is 5.58. The molecule has 0 aliphatic heterocycles. The van der Waals surface area contributed by atoms with Crippen molar-refractivity contribution in [3.8, 4) is 5.75 Å². The van der Waals surface area contributed by atoms with Crippen LogP contribution in [-0.2, 0) is 0 Å². The molecule has 1 N–H and O–H groups in total. The van der Waals surface area contributed by atoms with Gasteiger partial charge in [-0.25, -0.2) is 0 Å². The Hall–Kier alpha value is -2.62. The van der Waals surface area contributed by atoms with Crippen LogP contribution in [0.4, 0.5) is 11.4 Å². The third-order valence-corrected chi connectivity index (χ3v) is 3.16. The lowest BCUT2D eigenvalue weighted by Crippen LogP contribution is -1.96. The van der Waals surface area contributed by atoms with E-state index in [1.165, 1.54) is 0 Å². The van der Waals surface area contributed by atoms with Crippen LogP contribution in [0.15, 0.2) is 48.8 Å². The molecule has 0 bridgehead atoms. The minimum Gasteiger partial charge on any atom is -0.494 e. The zero-order chi connectivity index (χ0) is 14.7. The van der Waals surface area contributed by atoms with E-state index in [-0.39, 0.29) is 0 Å². The minimum absolute atomic E-state index is 0.649. The first-order valence-electron chi connectivity index (χ1n) is 6.97. The van der Waals surface area contributed by atoms with E-state index in [2.05, 4.69) is 15.3 Å². The first-order chi connectivity index (χ1) is 10.3. The predicted octanol–water partition coefficient (Wildman–Crippen LogP) is 4.08. The average molecular weight is 279 g/mol. The quantitative estimate of drug-likeness (QED) is 0.781. The Bertz CT molecular complexity index is 757. The fraction of sp³-hybridized carbons (Fsp3) is 0.176. The van der Waals surface area contributed by atoms with Crippen molar-refractivity contribution in [3.63, 3.8) is 0 Å². The number of hydrogen-bond donors (Lipinski definition) is 1. The lowest BCUT2D eigenvalue weighted by atomic mass is 10.1. The van der Waals surface area contributed by atoms with Gasteiger partial charge in [0.15, 0.2) is 0 Å². The number of anilines is 2. The van der Waals surface area contributed by atoms with Crippen LogP contribution in [-0.4, -0.2) is 16.6 Å². The summed E-state index contributed by atoms with van der Waals surface area (Å²) >= 11 is 0. The Balaban J connectivity index is 2.08. The van der Waals surface area contributed by atoms with Gasteiger partial charge >= 0.3 is 0 Å². The number of benzene rings is 1. The van der Waals surface area contributed by atoms with Gasteiger partial charge in [-0.05, 0) is 50.2 Å². The summed E-state index contributed by atoms with van der Waals surface area (Å²) in [5.74, 6) is 0.852. The van der Waals surface area contributed by atoms with Crippen LogP contribution >= 0.6 is 0 Å². The number of nitrogens with one attached hydrogen (secondary N) is 1. The normalized spacial score (nSPS) is 10.6. The van der Waals surface area contributed by atoms with E-state index >= 15 is 0 Å². The molecule has 3 aromatic rings. The molecule has 1 aromatic carbocycles. The first kappa shape index (κ1) is 13.4. The molecular weight excluding hydrogens is 262 g/mol. The molecule has 106 valence electrons. The molecule has 4 nitrogen and oxygen atoms in total. The topological polar surface area (TPSA) is 47.0 Å². The molecule has 0 atom stereocenters. The standard InChI is InChI=1S/C17H17N3O/c1-3-21-14-6-7-16-15(10-14)17(9-12(2)19-16)20-13-5-4-8-18-11-13/h4-11H,3H2,1-2H3,(H,19,20). The summed E-state index contributed by atoms with van der Waals surface area (Å²) in [6.07, 6.45) is 3.56.